The molecular formula is C13H18N4O2. The molecule has 0 saturated heterocycles. The van der Waals surface area contributed by atoms with Crippen LogP contribution < -0.4 is 21.7 Å². The summed E-state index contributed by atoms with van der Waals surface area (Å²) in [5, 5.41) is 8.36. The lowest BCUT2D eigenvalue weighted by Crippen LogP contribution is -2.31. The van der Waals surface area contributed by atoms with Crippen molar-refractivity contribution in [3.8, 4) is 0 Å². The Labute approximate surface area is 111 Å². The Morgan fingerprint density at radius 3 is 2.68 bits per heavy atom. The Hall–Kier alpha value is -2.24. The molecule has 6 nitrogen and oxygen atoms in total. The van der Waals surface area contributed by atoms with Gasteiger partial charge in [0, 0.05) is 18.7 Å². The highest BCUT2D eigenvalue weighted by atomic mass is 16.2. The third kappa shape index (κ3) is 3.61. The highest BCUT2D eigenvalue weighted by Gasteiger charge is 2.22. The average molecular weight is 262 g/mol. The number of amides is 2. The van der Waals surface area contributed by atoms with Crippen molar-refractivity contribution >= 4 is 23.2 Å². The van der Waals surface area contributed by atoms with E-state index in [0.29, 0.717) is 23.0 Å². The molecule has 102 valence electrons. The maximum absolute atomic E-state index is 11.5. The van der Waals surface area contributed by atoms with Crippen molar-refractivity contribution in [1.29, 1.82) is 0 Å². The van der Waals surface area contributed by atoms with Gasteiger partial charge in [-0.2, -0.15) is 0 Å². The van der Waals surface area contributed by atoms with E-state index in [1.165, 1.54) is 0 Å². The van der Waals surface area contributed by atoms with Crippen molar-refractivity contribution < 1.29 is 9.59 Å². The van der Waals surface area contributed by atoms with Gasteiger partial charge in [0.1, 0.15) is 0 Å². The van der Waals surface area contributed by atoms with Gasteiger partial charge < -0.3 is 21.7 Å². The second kappa shape index (κ2) is 5.60. The normalized spacial score (nSPS) is 13.7. The Morgan fingerprint density at radius 1 is 1.37 bits per heavy atom. The summed E-state index contributed by atoms with van der Waals surface area (Å²) in [6.45, 7) is 0.181. The quantitative estimate of drug-likeness (QED) is 0.575. The van der Waals surface area contributed by atoms with Crippen molar-refractivity contribution in [3.05, 3.63) is 23.8 Å². The lowest BCUT2D eigenvalue weighted by molar-refractivity contribution is -0.119. The van der Waals surface area contributed by atoms with E-state index in [1.807, 2.05) is 0 Å². The van der Waals surface area contributed by atoms with Crippen molar-refractivity contribution in [2.24, 2.45) is 0 Å². The molecule has 2 rings (SSSR count). The number of rotatable bonds is 5. The molecule has 19 heavy (non-hydrogen) atoms. The number of nitrogens with one attached hydrogen (secondary N) is 3. The number of anilines is 2. The first-order chi connectivity index (χ1) is 9.10. The van der Waals surface area contributed by atoms with Crippen molar-refractivity contribution in [2.45, 2.75) is 18.9 Å². The van der Waals surface area contributed by atoms with Gasteiger partial charge in [0.2, 0.25) is 5.91 Å². The molecule has 0 atom stereocenters. The first kappa shape index (κ1) is 13.2. The second-order valence-electron chi connectivity index (χ2n) is 4.58. The molecule has 0 unspecified atom stereocenters. The predicted molar refractivity (Wildman–Crippen MR) is 73.9 cm³/mol. The minimum Gasteiger partial charge on any atom is -0.397 e. The van der Waals surface area contributed by atoms with Crippen LogP contribution in [-0.2, 0) is 4.79 Å². The summed E-state index contributed by atoms with van der Waals surface area (Å²) in [7, 11) is 1.56. The zero-order valence-electron chi connectivity index (χ0n) is 10.8. The molecule has 0 spiro atoms. The Bertz CT molecular complexity index is 497. The van der Waals surface area contributed by atoms with Crippen molar-refractivity contribution in [2.75, 3.05) is 24.6 Å². The second-order valence-corrected chi connectivity index (χ2v) is 4.58. The van der Waals surface area contributed by atoms with Gasteiger partial charge in [-0.25, -0.2) is 0 Å². The summed E-state index contributed by atoms with van der Waals surface area (Å²) in [5.41, 5.74) is 7.43. The maximum Gasteiger partial charge on any atom is 0.251 e. The molecule has 1 fully saturated rings. The zero-order valence-corrected chi connectivity index (χ0v) is 10.8. The number of hydrogen-bond acceptors (Lipinski definition) is 4. The van der Waals surface area contributed by atoms with Gasteiger partial charge in [-0.15, -0.1) is 0 Å². The van der Waals surface area contributed by atoms with Crippen LogP contribution in [0.15, 0.2) is 18.2 Å². The monoisotopic (exact) mass is 262 g/mol. The predicted octanol–water partition coefficient (Wildman–Crippen LogP) is 0.319. The van der Waals surface area contributed by atoms with E-state index in [1.54, 1.807) is 25.2 Å². The van der Waals surface area contributed by atoms with Crippen LogP contribution in [0.3, 0.4) is 0 Å². The molecule has 0 heterocycles. The highest BCUT2D eigenvalue weighted by Crippen LogP contribution is 2.20. The third-order valence-electron chi connectivity index (χ3n) is 2.92. The molecule has 0 aliphatic heterocycles. The molecule has 0 aromatic heterocycles. The molecule has 0 radical (unpaired) electrons. The molecule has 1 aromatic carbocycles. The first-order valence-corrected chi connectivity index (χ1v) is 6.25. The highest BCUT2D eigenvalue weighted by molar-refractivity contribution is 5.96. The summed E-state index contributed by atoms with van der Waals surface area (Å²) < 4.78 is 0. The number of benzene rings is 1. The average Bonchev–Trinajstić information content (AvgIpc) is 3.20. The third-order valence-corrected chi connectivity index (χ3v) is 2.92. The smallest absolute Gasteiger partial charge is 0.251 e. The van der Waals surface area contributed by atoms with Crippen LogP contribution in [0.25, 0.3) is 0 Å². The van der Waals surface area contributed by atoms with E-state index in [9.17, 15) is 9.59 Å². The first-order valence-electron chi connectivity index (χ1n) is 6.25. The Morgan fingerprint density at radius 2 is 2.11 bits per heavy atom. The molecular weight excluding hydrogens is 244 g/mol. The lowest BCUT2D eigenvalue weighted by Gasteiger charge is -2.10. The van der Waals surface area contributed by atoms with Crippen molar-refractivity contribution in [3.63, 3.8) is 0 Å². The number of carbonyl (C=O) groups is 2. The topological polar surface area (TPSA) is 96.2 Å². The molecule has 5 N–H and O–H groups in total. The van der Waals surface area contributed by atoms with Crippen LogP contribution in [0.1, 0.15) is 23.2 Å². The molecule has 1 aromatic rings. The van der Waals surface area contributed by atoms with Crippen LogP contribution in [0.5, 0.6) is 0 Å². The maximum atomic E-state index is 11.5. The van der Waals surface area contributed by atoms with Gasteiger partial charge in [0.25, 0.3) is 5.91 Å². The SMILES string of the molecule is CNC(=O)c1ccc(NCC(=O)NC2CC2)c(N)c1. The zero-order chi connectivity index (χ0) is 13.8. The van der Waals surface area contributed by atoms with E-state index in [-0.39, 0.29) is 18.4 Å². The standard InChI is InChI=1S/C13H18N4O2/c1-15-13(19)8-2-5-11(10(14)6-8)16-7-12(18)17-9-3-4-9/h2,5-6,9,16H,3-4,7,14H2,1H3,(H,15,19)(H,17,18). The minimum atomic E-state index is -0.190. The molecule has 1 saturated carbocycles. The molecule has 6 heteroatoms. The molecule has 1 aliphatic rings. The summed E-state index contributed by atoms with van der Waals surface area (Å²) in [4.78, 5) is 22.9. The van der Waals surface area contributed by atoms with Crippen LogP contribution in [0.4, 0.5) is 11.4 Å². The van der Waals surface area contributed by atoms with Gasteiger partial charge in [0.15, 0.2) is 0 Å². The fraction of sp³-hybridized carbons (Fsp3) is 0.385. The fourth-order valence-electron chi connectivity index (χ4n) is 1.69. The van der Waals surface area contributed by atoms with Crippen LogP contribution >= 0.6 is 0 Å². The number of nitrogens with two attached hydrogens (primary N) is 1. The van der Waals surface area contributed by atoms with E-state index < -0.39 is 0 Å². The summed E-state index contributed by atoms with van der Waals surface area (Å²) in [5.74, 6) is -0.234. The molecule has 0 bridgehead atoms. The van der Waals surface area contributed by atoms with Gasteiger partial charge in [0.05, 0.1) is 17.9 Å². The van der Waals surface area contributed by atoms with E-state index in [0.717, 1.165) is 12.8 Å². The minimum absolute atomic E-state index is 0.0442. The van der Waals surface area contributed by atoms with Crippen LogP contribution in [0.2, 0.25) is 0 Å². The van der Waals surface area contributed by atoms with E-state index in [4.69, 9.17) is 5.73 Å². The lowest BCUT2D eigenvalue weighted by atomic mass is 10.1. The van der Waals surface area contributed by atoms with Gasteiger partial charge in [-0.1, -0.05) is 0 Å². The molecule has 1 aliphatic carbocycles. The van der Waals surface area contributed by atoms with Gasteiger partial charge >= 0.3 is 0 Å². The summed E-state index contributed by atoms with van der Waals surface area (Å²) >= 11 is 0. The number of carbonyl (C=O) groups excluding carboxylic acids is 2. The van der Waals surface area contributed by atoms with Gasteiger partial charge in [-0.05, 0) is 31.0 Å². The fourth-order valence-corrected chi connectivity index (χ4v) is 1.69. The Balaban J connectivity index is 1.92. The molecule has 2 amide bonds. The summed E-state index contributed by atoms with van der Waals surface area (Å²) in [6.07, 6.45) is 2.13. The van der Waals surface area contributed by atoms with Gasteiger partial charge in [-0.3, -0.25) is 9.59 Å². The van der Waals surface area contributed by atoms with Crippen molar-refractivity contribution in [1.82, 2.24) is 10.6 Å². The van der Waals surface area contributed by atoms with E-state index in [2.05, 4.69) is 16.0 Å². The van der Waals surface area contributed by atoms with Crippen LogP contribution in [0, 0.1) is 0 Å². The number of hydrogen-bond donors (Lipinski definition) is 4. The Kier molecular flexibility index (Phi) is 3.89. The van der Waals surface area contributed by atoms with Crippen LogP contribution in [-0.4, -0.2) is 31.4 Å². The van der Waals surface area contributed by atoms with E-state index >= 15 is 0 Å². The number of nitrogen functional groups attached to an aromatic ring is 1. The largest absolute Gasteiger partial charge is 0.397 e. The summed E-state index contributed by atoms with van der Waals surface area (Å²) in [6, 6.07) is 5.29.